The minimum Gasteiger partial charge on any atom is -0.387 e. The summed E-state index contributed by atoms with van der Waals surface area (Å²) < 4.78 is 18.0. The van der Waals surface area contributed by atoms with Crippen LogP contribution in [0.15, 0.2) is 30.3 Å². The van der Waals surface area contributed by atoms with Crippen LogP contribution in [0.4, 0.5) is 4.39 Å². The molecule has 1 rings (SSSR count). The highest BCUT2D eigenvalue weighted by Crippen LogP contribution is 2.20. The predicted octanol–water partition coefficient (Wildman–Crippen LogP) is 1.70. The lowest BCUT2D eigenvalue weighted by atomic mass is 10.1. The van der Waals surface area contributed by atoms with E-state index in [1.165, 1.54) is 7.11 Å². The van der Waals surface area contributed by atoms with Gasteiger partial charge in [-0.05, 0) is 5.56 Å². The van der Waals surface area contributed by atoms with Gasteiger partial charge < -0.3 is 9.84 Å². The highest BCUT2D eigenvalue weighted by Gasteiger charge is 2.19. The van der Waals surface area contributed by atoms with Crippen molar-refractivity contribution < 1.29 is 14.2 Å². The number of benzene rings is 1. The average Bonchev–Trinajstić information content (AvgIpc) is 2.18. The fourth-order valence-electron chi connectivity index (χ4n) is 1.11. The van der Waals surface area contributed by atoms with Crippen molar-refractivity contribution >= 4 is 0 Å². The maximum absolute atomic E-state index is 13.4. The molecule has 0 aliphatic carbocycles. The van der Waals surface area contributed by atoms with Crippen LogP contribution in [0.5, 0.6) is 0 Å². The van der Waals surface area contributed by atoms with Crippen LogP contribution in [-0.2, 0) is 4.74 Å². The molecule has 0 fully saturated rings. The zero-order valence-electron chi connectivity index (χ0n) is 7.48. The van der Waals surface area contributed by atoms with Gasteiger partial charge in [0.1, 0.15) is 6.10 Å². The monoisotopic (exact) mass is 184 g/mol. The Bertz CT molecular complexity index is 238. The number of aliphatic hydroxyl groups is 1. The van der Waals surface area contributed by atoms with Crippen molar-refractivity contribution in [2.45, 2.75) is 12.3 Å². The molecule has 0 aromatic heterocycles. The Labute approximate surface area is 77.0 Å². The van der Waals surface area contributed by atoms with E-state index in [9.17, 15) is 9.50 Å². The standard InChI is InChI=1S/C10H13FO2/c1-13-7-9(12)10(11)8-5-3-2-4-6-8/h2-6,9-10,12H,7H2,1H3/t9-,10+/m0/s1. The van der Waals surface area contributed by atoms with Crippen molar-refractivity contribution in [2.24, 2.45) is 0 Å². The van der Waals surface area contributed by atoms with Crippen molar-refractivity contribution in [1.82, 2.24) is 0 Å². The van der Waals surface area contributed by atoms with Gasteiger partial charge in [-0.25, -0.2) is 4.39 Å². The van der Waals surface area contributed by atoms with E-state index in [0.717, 1.165) is 0 Å². The van der Waals surface area contributed by atoms with Gasteiger partial charge in [-0.2, -0.15) is 0 Å². The van der Waals surface area contributed by atoms with E-state index in [1.54, 1.807) is 30.3 Å². The van der Waals surface area contributed by atoms with Gasteiger partial charge in [0.15, 0.2) is 6.17 Å². The summed E-state index contributed by atoms with van der Waals surface area (Å²) in [5, 5.41) is 9.27. The number of ether oxygens (including phenoxy) is 1. The summed E-state index contributed by atoms with van der Waals surface area (Å²) in [6.45, 7) is 0.00998. The van der Waals surface area contributed by atoms with Gasteiger partial charge in [0.2, 0.25) is 0 Å². The van der Waals surface area contributed by atoms with Crippen molar-refractivity contribution in [3.05, 3.63) is 35.9 Å². The molecular formula is C10H13FO2. The maximum Gasteiger partial charge on any atom is 0.153 e. The molecule has 3 heteroatoms. The van der Waals surface area contributed by atoms with Crippen LogP contribution in [0.25, 0.3) is 0 Å². The second-order valence-corrected chi connectivity index (χ2v) is 2.84. The molecule has 1 N–H and O–H groups in total. The molecule has 2 atom stereocenters. The average molecular weight is 184 g/mol. The number of rotatable bonds is 4. The minimum absolute atomic E-state index is 0.00998. The van der Waals surface area contributed by atoms with Crippen molar-refractivity contribution in [3.8, 4) is 0 Å². The van der Waals surface area contributed by atoms with E-state index >= 15 is 0 Å². The number of methoxy groups -OCH3 is 1. The maximum atomic E-state index is 13.4. The van der Waals surface area contributed by atoms with Crippen LogP contribution < -0.4 is 0 Å². The Morgan fingerprint density at radius 1 is 1.38 bits per heavy atom. The van der Waals surface area contributed by atoms with Crippen molar-refractivity contribution in [1.29, 1.82) is 0 Å². The van der Waals surface area contributed by atoms with E-state index in [2.05, 4.69) is 4.74 Å². The summed E-state index contributed by atoms with van der Waals surface area (Å²) in [6.07, 6.45) is -2.46. The zero-order valence-corrected chi connectivity index (χ0v) is 7.48. The van der Waals surface area contributed by atoms with Gasteiger partial charge in [-0.15, -0.1) is 0 Å². The van der Waals surface area contributed by atoms with Crippen molar-refractivity contribution in [3.63, 3.8) is 0 Å². The van der Waals surface area contributed by atoms with Crippen LogP contribution in [0.1, 0.15) is 11.7 Å². The van der Waals surface area contributed by atoms with E-state index in [0.29, 0.717) is 5.56 Å². The Hall–Kier alpha value is -0.930. The molecule has 0 aliphatic rings. The summed E-state index contributed by atoms with van der Waals surface area (Å²) >= 11 is 0. The summed E-state index contributed by atoms with van der Waals surface area (Å²) in [5.74, 6) is 0. The lowest BCUT2D eigenvalue weighted by Gasteiger charge is -2.14. The zero-order chi connectivity index (χ0) is 9.68. The van der Waals surface area contributed by atoms with Crippen LogP contribution in [0, 0.1) is 0 Å². The first-order valence-electron chi connectivity index (χ1n) is 4.11. The molecule has 0 bridgehead atoms. The summed E-state index contributed by atoms with van der Waals surface area (Å²) in [7, 11) is 1.43. The number of halogens is 1. The largest absolute Gasteiger partial charge is 0.387 e. The normalized spacial score (nSPS) is 15.3. The molecule has 0 saturated heterocycles. The lowest BCUT2D eigenvalue weighted by molar-refractivity contribution is 0.00973. The second-order valence-electron chi connectivity index (χ2n) is 2.84. The molecule has 1 aromatic carbocycles. The van der Waals surface area contributed by atoms with Crippen LogP contribution in [0.3, 0.4) is 0 Å². The number of aliphatic hydroxyl groups excluding tert-OH is 1. The van der Waals surface area contributed by atoms with Crippen LogP contribution >= 0.6 is 0 Å². The fourth-order valence-corrected chi connectivity index (χ4v) is 1.11. The Kier molecular flexibility index (Phi) is 3.86. The molecule has 1 aromatic rings. The van der Waals surface area contributed by atoms with Gasteiger partial charge in [0.25, 0.3) is 0 Å². The SMILES string of the molecule is COC[C@H](O)[C@H](F)c1ccccc1. The molecule has 13 heavy (non-hydrogen) atoms. The smallest absolute Gasteiger partial charge is 0.153 e. The summed E-state index contributed by atoms with van der Waals surface area (Å²) in [5.41, 5.74) is 0.479. The van der Waals surface area contributed by atoms with Gasteiger partial charge in [-0.1, -0.05) is 30.3 Å². The number of alkyl halides is 1. The van der Waals surface area contributed by atoms with Gasteiger partial charge in [0.05, 0.1) is 6.61 Å². The first-order chi connectivity index (χ1) is 6.25. The highest BCUT2D eigenvalue weighted by atomic mass is 19.1. The molecule has 0 heterocycles. The Balaban J connectivity index is 2.62. The predicted molar refractivity (Wildman–Crippen MR) is 48.2 cm³/mol. The molecule has 0 saturated carbocycles. The third kappa shape index (κ3) is 2.79. The molecule has 0 amide bonds. The van der Waals surface area contributed by atoms with Crippen LogP contribution in [-0.4, -0.2) is 24.9 Å². The lowest BCUT2D eigenvalue weighted by Crippen LogP contribution is -2.20. The molecule has 72 valence electrons. The first kappa shape index (κ1) is 10.2. The number of hydrogen-bond donors (Lipinski definition) is 1. The van der Waals surface area contributed by atoms with Gasteiger partial charge in [0, 0.05) is 7.11 Å². The van der Waals surface area contributed by atoms with Crippen molar-refractivity contribution in [2.75, 3.05) is 13.7 Å². The van der Waals surface area contributed by atoms with E-state index in [4.69, 9.17) is 0 Å². The first-order valence-corrected chi connectivity index (χ1v) is 4.11. The molecule has 0 radical (unpaired) electrons. The topological polar surface area (TPSA) is 29.5 Å². The molecule has 0 unspecified atom stereocenters. The van der Waals surface area contributed by atoms with E-state index < -0.39 is 12.3 Å². The summed E-state index contributed by atoms with van der Waals surface area (Å²) in [4.78, 5) is 0. The Morgan fingerprint density at radius 2 is 2.00 bits per heavy atom. The molecular weight excluding hydrogens is 171 g/mol. The van der Waals surface area contributed by atoms with E-state index in [-0.39, 0.29) is 6.61 Å². The highest BCUT2D eigenvalue weighted by molar-refractivity contribution is 5.18. The fraction of sp³-hybridized carbons (Fsp3) is 0.400. The summed E-state index contributed by atoms with van der Waals surface area (Å²) in [6, 6.07) is 8.56. The van der Waals surface area contributed by atoms with E-state index in [1.807, 2.05) is 0 Å². The second kappa shape index (κ2) is 4.94. The molecule has 0 aliphatic heterocycles. The third-order valence-corrected chi connectivity index (χ3v) is 1.79. The van der Waals surface area contributed by atoms with Gasteiger partial charge in [-0.3, -0.25) is 0 Å². The van der Waals surface area contributed by atoms with Crippen LogP contribution in [0.2, 0.25) is 0 Å². The molecule has 2 nitrogen and oxygen atoms in total. The quantitative estimate of drug-likeness (QED) is 0.771. The number of hydrogen-bond acceptors (Lipinski definition) is 2. The van der Waals surface area contributed by atoms with Gasteiger partial charge >= 0.3 is 0 Å². The Morgan fingerprint density at radius 3 is 2.54 bits per heavy atom. The molecule has 0 spiro atoms. The minimum atomic E-state index is -1.37. The third-order valence-electron chi connectivity index (χ3n) is 1.79.